The lowest BCUT2D eigenvalue weighted by Gasteiger charge is -2.13. The van der Waals surface area contributed by atoms with E-state index in [1.165, 1.54) is 19.2 Å². The number of nitrogens with zero attached hydrogens (tertiary/aromatic N) is 1. The second kappa shape index (κ2) is 8.50. The molecule has 0 fully saturated rings. The number of halogens is 1. The summed E-state index contributed by atoms with van der Waals surface area (Å²) in [6.07, 6.45) is 2.48. The Morgan fingerprint density at radius 2 is 1.79 bits per heavy atom. The zero-order chi connectivity index (χ0) is 21.0. The zero-order valence-electron chi connectivity index (χ0n) is 15.5. The van der Waals surface area contributed by atoms with Gasteiger partial charge in [-0.1, -0.05) is 11.6 Å². The van der Waals surface area contributed by atoms with E-state index in [0.717, 1.165) is 6.26 Å². The first kappa shape index (κ1) is 20.6. The van der Waals surface area contributed by atoms with E-state index in [-0.39, 0.29) is 5.56 Å². The summed E-state index contributed by atoms with van der Waals surface area (Å²) in [5, 5.41) is 0.574. The maximum atomic E-state index is 12.3. The third-order valence-corrected chi connectivity index (χ3v) is 4.63. The van der Waals surface area contributed by atoms with Gasteiger partial charge in [0.1, 0.15) is 11.5 Å². The Bertz CT molecular complexity index is 1130. The lowest BCUT2D eigenvalue weighted by Crippen LogP contribution is -2.29. The van der Waals surface area contributed by atoms with Gasteiger partial charge in [0.15, 0.2) is 0 Å². The molecule has 29 heavy (non-hydrogen) atoms. The number of amides is 1. The van der Waals surface area contributed by atoms with E-state index in [4.69, 9.17) is 21.1 Å². The Hall–Kier alpha value is -3.10. The molecule has 2 aromatic carbocycles. The number of aromatic nitrogens is 1. The summed E-state index contributed by atoms with van der Waals surface area (Å²) >= 11 is 5.91. The molecule has 3 aromatic rings. The van der Waals surface area contributed by atoms with Crippen molar-refractivity contribution in [2.75, 3.05) is 13.4 Å². The van der Waals surface area contributed by atoms with Gasteiger partial charge in [-0.3, -0.25) is 4.79 Å². The van der Waals surface area contributed by atoms with Gasteiger partial charge >= 0.3 is 0 Å². The smallest absolute Gasteiger partial charge is 0.264 e. The third kappa shape index (κ3) is 5.46. The molecule has 1 N–H and O–H groups in total. The minimum Gasteiger partial charge on any atom is -0.481 e. The lowest BCUT2D eigenvalue weighted by molar-refractivity contribution is 0.0981. The quantitative estimate of drug-likeness (QED) is 0.635. The highest BCUT2D eigenvalue weighted by Gasteiger charge is 2.16. The Morgan fingerprint density at radius 3 is 2.38 bits per heavy atom. The number of pyridine rings is 1. The summed E-state index contributed by atoms with van der Waals surface area (Å²) in [5.74, 6) is 0.689. The van der Waals surface area contributed by atoms with Crippen LogP contribution in [0.3, 0.4) is 0 Å². The van der Waals surface area contributed by atoms with E-state index in [9.17, 15) is 13.2 Å². The highest BCUT2D eigenvalue weighted by atomic mass is 35.5. The van der Waals surface area contributed by atoms with Crippen molar-refractivity contribution in [3.8, 4) is 28.5 Å². The summed E-state index contributed by atoms with van der Waals surface area (Å²) in [6, 6.07) is 14.8. The normalized spacial score (nSPS) is 11.0. The van der Waals surface area contributed by atoms with Gasteiger partial charge in [0.2, 0.25) is 15.9 Å². The van der Waals surface area contributed by atoms with Crippen LogP contribution in [-0.2, 0) is 10.0 Å². The van der Waals surface area contributed by atoms with Crippen molar-refractivity contribution < 1.29 is 22.7 Å². The topological polar surface area (TPSA) is 94.6 Å². The van der Waals surface area contributed by atoms with Gasteiger partial charge in [-0.25, -0.2) is 18.1 Å². The molecule has 150 valence electrons. The van der Waals surface area contributed by atoms with Gasteiger partial charge in [-0.05, 0) is 48.5 Å². The number of sulfonamides is 1. The number of carbonyl (C=O) groups excluding carboxylic acids is 1. The van der Waals surface area contributed by atoms with E-state index in [2.05, 4.69) is 4.98 Å². The summed E-state index contributed by atoms with van der Waals surface area (Å²) in [6.45, 7) is 0. The number of ether oxygens (including phenoxy) is 2. The Morgan fingerprint density at radius 1 is 1.07 bits per heavy atom. The maximum Gasteiger partial charge on any atom is 0.264 e. The zero-order valence-corrected chi connectivity index (χ0v) is 17.1. The number of carbonyl (C=O) groups is 1. The average Bonchev–Trinajstić information content (AvgIpc) is 2.69. The van der Waals surface area contributed by atoms with Gasteiger partial charge in [0.05, 0.1) is 13.4 Å². The average molecular weight is 433 g/mol. The molecular formula is C20H17ClN2O5S. The van der Waals surface area contributed by atoms with Crippen LogP contribution in [-0.4, -0.2) is 32.7 Å². The molecule has 3 rings (SSSR count). The number of rotatable bonds is 6. The summed E-state index contributed by atoms with van der Waals surface area (Å²) in [4.78, 5) is 16.4. The molecule has 0 bridgehead atoms. The molecule has 0 saturated carbocycles. The van der Waals surface area contributed by atoms with Gasteiger partial charge in [0, 0.05) is 34.0 Å². The standard InChI is InChI=1S/C20H17ClN2O5S/c1-27-19-10-4-14(12-22-19)17-11-13(20(24)23-29(2,25)26)3-9-18(17)28-16-7-5-15(21)6-8-16/h3-12H,1-2H3,(H,23,24). The van der Waals surface area contributed by atoms with Crippen LogP contribution in [0, 0.1) is 0 Å². The van der Waals surface area contributed by atoms with Crippen molar-refractivity contribution in [2.45, 2.75) is 0 Å². The Labute approximate surface area is 173 Å². The Balaban J connectivity index is 2.04. The molecule has 1 amide bonds. The molecule has 9 heteroatoms. The van der Waals surface area contributed by atoms with E-state index >= 15 is 0 Å². The van der Waals surface area contributed by atoms with Crippen molar-refractivity contribution in [1.29, 1.82) is 0 Å². The van der Waals surface area contributed by atoms with E-state index in [1.807, 2.05) is 4.72 Å². The first-order valence-corrected chi connectivity index (χ1v) is 10.6. The van der Waals surface area contributed by atoms with Crippen LogP contribution >= 0.6 is 11.6 Å². The van der Waals surface area contributed by atoms with Gasteiger partial charge < -0.3 is 9.47 Å². The number of hydrogen-bond acceptors (Lipinski definition) is 6. The van der Waals surface area contributed by atoms with Crippen LogP contribution in [0.4, 0.5) is 0 Å². The van der Waals surface area contributed by atoms with Gasteiger partial charge in [0.25, 0.3) is 5.91 Å². The predicted molar refractivity (Wildman–Crippen MR) is 110 cm³/mol. The molecule has 1 heterocycles. The SMILES string of the molecule is COc1ccc(-c2cc(C(=O)NS(C)(=O)=O)ccc2Oc2ccc(Cl)cc2)cn1. The first-order valence-electron chi connectivity index (χ1n) is 8.35. The molecular weight excluding hydrogens is 416 g/mol. The maximum absolute atomic E-state index is 12.3. The highest BCUT2D eigenvalue weighted by molar-refractivity contribution is 7.89. The Kier molecular flexibility index (Phi) is 6.05. The van der Waals surface area contributed by atoms with Crippen LogP contribution < -0.4 is 14.2 Å². The second-order valence-corrected chi connectivity index (χ2v) is 8.24. The molecule has 0 unspecified atom stereocenters. The molecule has 1 aromatic heterocycles. The summed E-state index contributed by atoms with van der Waals surface area (Å²) < 4.78 is 35.7. The van der Waals surface area contributed by atoms with Crippen molar-refractivity contribution in [3.05, 3.63) is 71.4 Å². The van der Waals surface area contributed by atoms with Crippen LogP contribution in [0.15, 0.2) is 60.8 Å². The van der Waals surface area contributed by atoms with Gasteiger partial charge in [-0.2, -0.15) is 0 Å². The lowest BCUT2D eigenvalue weighted by atomic mass is 10.0. The van der Waals surface area contributed by atoms with Gasteiger partial charge in [-0.15, -0.1) is 0 Å². The molecule has 0 aliphatic heterocycles. The number of nitrogens with one attached hydrogen (secondary N) is 1. The molecule has 0 saturated heterocycles. The monoisotopic (exact) mass is 432 g/mol. The second-order valence-electron chi connectivity index (χ2n) is 6.06. The number of benzene rings is 2. The largest absolute Gasteiger partial charge is 0.481 e. The van der Waals surface area contributed by atoms with Crippen molar-refractivity contribution in [2.24, 2.45) is 0 Å². The van der Waals surface area contributed by atoms with Crippen LogP contribution in [0.25, 0.3) is 11.1 Å². The third-order valence-electron chi connectivity index (χ3n) is 3.82. The summed E-state index contributed by atoms with van der Waals surface area (Å²) in [7, 11) is -2.19. The van der Waals surface area contributed by atoms with Crippen LogP contribution in [0.2, 0.25) is 5.02 Å². The fraction of sp³-hybridized carbons (Fsp3) is 0.100. The van der Waals surface area contributed by atoms with E-state index in [1.54, 1.807) is 48.7 Å². The van der Waals surface area contributed by atoms with Crippen LogP contribution in [0.1, 0.15) is 10.4 Å². The van der Waals surface area contributed by atoms with Crippen molar-refractivity contribution >= 4 is 27.5 Å². The molecule has 0 spiro atoms. The number of methoxy groups -OCH3 is 1. The molecule has 0 radical (unpaired) electrons. The summed E-state index contributed by atoms with van der Waals surface area (Å²) in [5.41, 5.74) is 1.37. The fourth-order valence-electron chi connectivity index (χ4n) is 2.50. The minimum absolute atomic E-state index is 0.157. The van der Waals surface area contributed by atoms with E-state index < -0.39 is 15.9 Å². The first-order chi connectivity index (χ1) is 13.7. The van der Waals surface area contributed by atoms with Crippen molar-refractivity contribution in [3.63, 3.8) is 0 Å². The molecule has 0 aliphatic carbocycles. The number of hydrogen-bond donors (Lipinski definition) is 1. The minimum atomic E-state index is -3.69. The molecule has 0 atom stereocenters. The fourth-order valence-corrected chi connectivity index (χ4v) is 3.08. The molecule has 0 aliphatic rings. The predicted octanol–water partition coefficient (Wildman–Crippen LogP) is 3.89. The van der Waals surface area contributed by atoms with E-state index in [0.29, 0.717) is 33.5 Å². The van der Waals surface area contributed by atoms with Crippen LogP contribution in [0.5, 0.6) is 17.4 Å². The molecule has 7 nitrogen and oxygen atoms in total. The van der Waals surface area contributed by atoms with Crippen molar-refractivity contribution in [1.82, 2.24) is 9.71 Å². The highest BCUT2D eigenvalue weighted by Crippen LogP contribution is 2.35.